The zero-order valence-electron chi connectivity index (χ0n) is 12.2. The summed E-state index contributed by atoms with van der Waals surface area (Å²) in [5.41, 5.74) is 2.29. The van der Waals surface area contributed by atoms with E-state index in [9.17, 15) is 5.11 Å². The summed E-state index contributed by atoms with van der Waals surface area (Å²) < 4.78 is 5.88. The van der Waals surface area contributed by atoms with Gasteiger partial charge < -0.3 is 5.11 Å². The molecule has 0 fully saturated rings. The monoisotopic (exact) mass is 367 g/mol. The molecule has 3 aromatic rings. The van der Waals surface area contributed by atoms with E-state index >= 15 is 0 Å². The molecule has 0 unspecified atom stereocenters. The fraction of sp³-hybridized carbons (Fsp3) is 0.0556. The maximum absolute atomic E-state index is 9.88. The van der Waals surface area contributed by atoms with Crippen LogP contribution in [0, 0.1) is 0 Å². The molecule has 1 N–H and O–H groups in total. The van der Waals surface area contributed by atoms with E-state index < -0.39 is 0 Å². The van der Waals surface area contributed by atoms with Crippen molar-refractivity contribution in [3.05, 3.63) is 69.9 Å². The molecular formula is C18H14Cl3O2+. The van der Waals surface area contributed by atoms with Crippen molar-refractivity contribution in [3.8, 4) is 5.75 Å². The van der Waals surface area contributed by atoms with Gasteiger partial charge in [-0.15, -0.1) is 12.4 Å². The van der Waals surface area contributed by atoms with Crippen LogP contribution in [0.4, 0.5) is 0 Å². The molecule has 0 aliphatic heterocycles. The lowest BCUT2D eigenvalue weighted by Crippen LogP contribution is -1.83. The standard InChI is InChI=1S/C18H12Cl2O2.ClH/c1-11(8-13-10-14(19)3-5-16(13)21)17-6-2-12-9-15(20)4-7-18(12)22-17;/h2-10H,1H3;1H/p+1/b11-8-;. The SMILES string of the molecule is C/C(=C/c1cc(Cl)ccc1O)c1ccc2cc(Cl)ccc2[o+]1.Cl. The lowest BCUT2D eigenvalue weighted by atomic mass is 10.1. The van der Waals surface area contributed by atoms with Crippen LogP contribution in [0.2, 0.25) is 10.0 Å². The first-order chi connectivity index (χ1) is 10.5. The number of fused-ring (bicyclic) bond motifs is 1. The molecule has 1 heterocycles. The van der Waals surface area contributed by atoms with E-state index in [1.54, 1.807) is 24.3 Å². The molecular weight excluding hydrogens is 355 g/mol. The van der Waals surface area contributed by atoms with Gasteiger partial charge >= 0.3 is 11.3 Å². The highest BCUT2D eigenvalue weighted by Gasteiger charge is 2.14. The number of rotatable bonds is 2. The van der Waals surface area contributed by atoms with Crippen LogP contribution in [0.5, 0.6) is 5.75 Å². The summed E-state index contributed by atoms with van der Waals surface area (Å²) in [4.78, 5) is 0. The van der Waals surface area contributed by atoms with Crippen LogP contribution in [0.3, 0.4) is 0 Å². The van der Waals surface area contributed by atoms with E-state index in [-0.39, 0.29) is 18.2 Å². The van der Waals surface area contributed by atoms with Gasteiger partial charge in [-0.25, -0.2) is 4.42 Å². The lowest BCUT2D eigenvalue weighted by molar-refractivity contribution is 0.474. The highest BCUT2D eigenvalue weighted by atomic mass is 35.5. The number of allylic oxidation sites excluding steroid dienone is 1. The van der Waals surface area contributed by atoms with Gasteiger partial charge in [0, 0.05) is 27.7 Å². The highest BCUT2D eigenvalue weighted by Crippen LogP contribution is 2.28. The fourth-order valence-corrected chi connectivity index (χ4v) is 2.58. The van der Waals surface area contributed by atoms with Gasteiger partial charge in [-0.1, -0.05) is 23.2 Å². The first-order valence-electron chi connectivity index (χ1n) is 6.72. The minimum Gasteiger partial charge on any atom is -0.507 e. The Morgan fingerprint density at radius 2 is 1.70 bits per heavy atom. The van der Waals surface area contributed by atoms with Crippen LogP contribution in [0.25, 0.3) is 22.6 Å². The Morgan fingerprint density at radius 3 is 2.48 bits per heavy atom. The second kappa shape index (κ2) is 7.22. The molecule has 1 aromatic heterocycles. The van der Waals surface area contributed by atoms with Gasteiger partial charge in [0.1, 0.15) is 5.75 Å². The minimum atomic E-state index is 0. The third kappa shape index (κ3) is 3.97. The van der Waals surface area contributed by atoms with Crippen molar-refractivity contribution in [1.82, 2.24) is 0 Å². The predicted octanol–water partition coefficient (Wildman–Crippen LogP) is 6.71. The van der Waals surface area contributed by atoms with Crippen LogP contribution < -0.4 is 0 Å². The molecule has 23 heavy (non-hydrogen) atoms. The molecule has 0 spiro atoms. The maximum Gasteiger partial charge on any atom is 0.360 e. The number of hydrogen-bond acceptors (Lipinski definition) is 1. The molecule has 0 amide bonds. The Kier molecular flexibility index (Phi) is 5.53. The second-order valence-electron chi connectivity index (χ2n) is 5.01. The third-order valence-electron chi connectivity index (χ3n) is 3.36. The Bertz CT molecular complexity index is 889. The van der Waals surface area contributed by atoms with E-state index in [4.69, 9.17) is 27.6 Å². The van der Waals surface area contributed by atoms with Crippen molar-refractivity contribution < 1.29 is 9.52 Å². The number of halogens is 3. The topological polar surface area (TPSA) is 31.5 Å². The Morgan fingerprint density at radius 1 is 1.00 bits per heavy atom. The van der Waals surface area contributed by atoms with Crippen molar-refractivity contribution >= 4 is 58.2 Å². The van der Waals surface area contributed by atoms with Crippen LogP contribution in [-0.4, -0.2) is 5.11 Å². The molecule has 0 saturated carbocycles. The Balaban J connectivity index is 0.00000192. The molecule has 2 aromatic carbocycles. The van der Waals surface area contributed by atoms with Crippen molar-refractivity contribution in [3.63, 3.8) is 0 Å². The Labute approximate surface area is 150 Å². The molecule has 5 heteroatoms. The highest BCUT2D eigenvalue weighted by molar-refractivity contribution is 6.31. The van der Waals surface area contributed by atoms with E-state index in [2.05, 4.69) is 0 Å². The van der Waals surface area contributed by atoms with Gasteiger partial charge in [0.15, 0.2) is 0 Å². The van der Waals surface area contributed by atoms with E-state index in [1.165, 1.54) is 0 Å². The summed E-state index contributed by atoms with van der Waals surface area (Å²) in [7, 11) is 0. The van der Waals surface area contributed by atoms with Crippen LogP contribution >= 0.6 is 35.6 Å². The smallest absolute Gasteiger partial charge is 0.360 e. The van der Waals surface area contributed by atoms with Crippen LogP contribution in [0.1, 0.15) is 18.2 Å². The summed E-state index contributed by atoms with van der Waals surface area (Å²) in [6, 6.07) is 14.2. The van der Waals surface area contributed by atoms with E-state index in [0.29, 0.717) is 21.4 Å². The van der Waals surface area contributed by atoms with Gasteiger partial charge in [0.2, 0.25) is 0 Å². The van der Waals surface area contributed by atoms with Gasteiger partial charge in [-0.05, 0) is 49.4 Å². The van der Waals surface area contributed by atoms with Crippen molar-refractivity contribution in [2.75, 3.05) is 0 Å². The minimum absolute atomic E-state index is 0. The largest absolute Gasteiger partial charge is 0.507 e. The quantitative estimate of drug-likeness (QED) is 0.510. The van der Waals surface area contributed by atoms with Gasteiger partial charge in [0.05, 0.1) is 11.0 Å². The molecule has 0 atom stereocenters. The first kappa shape index (κ1) is 17.6. The molecule has 3 rings (SSSR count). The van der Waals surface area contributed by atoms with Crippen molar-refractivity contribution in [2.45, 2.75) is 6.92 Å². The molecule has 0 aliphatic carbocycles. The van der Waals surface area contributed by atoms with Gasteiger partial charge in [-0.3, -0.25) is 0 Å². The maximum atomic E-state index is 9.88. The fourth-order valence-electron chi connectivity index (χ4n) is 2.22. The molecule has 0 saturated heterocycles. The van der Waals surface area contributed by atoms with Gasteiger partial charge in [-0.2, -0.15) is 0 Å². The van der Waals surface area contributed by atoms with Crippen LogP contribution in [0.15, 0.2) is 52.9 Å². The summed E-state index contributed by atoms with van der Waals surface area (Å²) in [5.74, 6) is 0.894. The number of benzene rings is 2. The van der Waals surface area contributed by atoms with E-state index in [0.717, 1.165) is 16.5 Å². The second-order valence-corrected chi connectivity index (χ2v) is 5.89. The molecule has 118 valence electrons. The number of aromatic hydroxyl groups is 1. The van der Waals surface area contributed by atoms with Crippen LogP contribution in [-0.2, 0) is 0 Å². The number of hydrogen-bond donors (Lipinski definition) is 1. The Hall–Kier alpha value is -1.74. The van der Waals surface area contributed by atoms with Gasteiger partial charge in [0.25, 0.3) is 0 Å². The summed E-state index contributed by atoms with van der Waals surface area (Å²) >= 11 is 11.9. The zero-order chi connectivity index (χ0) is 15.7. The summed E-state index contributed by atoms with van der Waals surface area (Å²) in [5, 5.41) is 12.1. The zero-order valence-corrected chi connectivity index (χ0v) is 14.5. The van der Waals surface area contributed by atoms with Crippen molar-refractivity contribution in [1.29, 1.82) is 0 Å². The molecule has 0 bridgehead atoms. The lowest BCUT2D eigenvalue weighted by Gasteiger charge is -2.00. The van der Waals surface area contributed by atoms with E-state index in [1.807, 2.05) is 37.3 Å². The third-order valence-corrected chi connectivity index (χ3v) is 3.83. The molecule has 0 aliphatic rings. The molecule has 2 nitrogen and oxygen atoms in total. The normalized spacial score (nSPS) is 11.3. The molecule has 0 radical (unpaired) electrons. The summed E-state index contributed by atoms with van der Waals surface area (Å²) in [6.45, 7) is 1.92. The number of phenols is 1. The predicted molar refractivity (Wildman–Crippen MR) is 99.5 cm³/mol. The first-order valence-corrected chi connectivity index (χ1v) is 7.48. The number of phenolic OH excluding ortho intramolecular Hbond substituents is 1. The van der Waals surface area contributed by atoms with Crippen molar-refractivity contribution in [2.24, 2.45) is 0 Å². The average Bonchev–Trinajstić information content (AvgIpc) is 2.50. The summed E-state index contributed by atoms with van der Waals surface area (Å²) in [6.07, 6.45) is 1.84. The average molecular weight is 369 g/mol.